The van der Waals surface area contributed by atoms with Gasteiger partial charge in [0.05, 0.1) is 4.92 Å². The van der Waals surface area contributed by atoms with Gasteiger partial charge < -0.3 is 22.6 Å². The van der Waals surface area contributed by atoms with Gasteiger partial charge in [-0.2, -0.15) is 0 Å². The summed E-state index contributed by atoms with van der Waals surface area (Å²) in [6.45, 7) is 1.32. The van der Waals surface area contributed by atoms with Crippen LogP contribution in [0.25, 0.3) is 6.08 Å². The molecule has 110 valence electrons. The highest BCUT2D eigenvalue weighted by molar-refractivity contribution is 5.91. The van der Waals surface area contributed by atoms with Crippen molar-refractivity contribution >= 4 is 17.7 Å². The van der Waals surface area contributed by atoms with Crippen molar-refractivity contribution in [1.82, 2.24) is 10.2 Å². The van der Waals surface area contributed by atoms with Crippen molar-refractivity contribution in [3.05, 3.63) is 46.0 Å². The molecular weight excluding hydrogens is 282 g/mol. The number of nitrogens with zero attached hydrogens (tertiary/aromatic N) is 2. The minimum absolute atomic E-state index is 0. The third-order valence-corrected chi connectivity index (χ3v) is 2.37. The molecule has 0 aliphatic rings. The molecular formula is C13H17ClN3O3-. The normalized spacial score (nSPS) is 10.3. The van der Waals surface area contributed by atoms with Crippen molar-refractivity contribution in [1.29, 1.82) is 0 Å². The van der Waals surface area contributed by atoms with Crippen LogP contribution in [0.15, 0.2) is 30.3 Å². The number of carbonyl (C=O) groups excluding carboxylic acids is 1. The van der Waals surface area contributed by atoms with Crippen LogP contribution in [0.1, 0.15) is 5.56 Å². The maximum Gasteiger partial charge on any atom is 0.270 e. The zero-order chi connectivity index (χ0) is 14.3. The second-order valence-electron chi connectivity index (χ2n) is 4.28. The lowest BCUT2D eigenvalue weighted by Crippen LogP contribution is -3.00. The van der Waals surface area contributed by atoms with Gasteiger partial charge in [-0.25, -0.2) is 0 Å². The number of nitro groups is 1. The second-order valence-corrected chi connectivity index (χ2v) is 4.28. The van der Waals surface area contributed by atoms with Crippen LogP contribution in [0.2, 0.25) is 0 Å². The number of rotatable bonds is 6. The number of hydrogen-bond acceptors (Lipinski definition) is 4. The summed E-state index contributed by atoms with van der Waals surface area (Å²) in [4.78, 5) is 23.6. The lowest BCUT2D eigenvalue weighted by Gasteiger charge is -2.08. The molecule has 0 aliphatic heterocycles. The topological polar surface area (TPSA) is 75.5 Å². The van der Waals surface area contributed by atoms with Crippen molar-refractivity contribution in [2.75, 3.05) is 27.2 Å². The predicted octanol–water partition coefficient (Wildman–Crippen LogP) is -1.71. The molecule has 7 heteroatoms. The van der Waals surface area contributed by atoms with E-state index in [0.717, 1.165) is 6.54 Å². The van der Waals surface area contributed by atoms with Gasteiger partial charge >= 0.3 is 0 Å². The van der Waals surface area contributed by atoms with Gasteiger partial charge in [-0.3, -0.25) is 14.9 Å². The lowest BCUT2D eigenvalue weighted by molar-refractivity contribution is -0.384. The first kappa shape index (κ1) is 18.1. The van der Waals surface area contributed by atoms with E-state index in [1.165, 1.54) is 18.2 Å². The maximum absolute atomic E-state index is 11.5. The molecule has 0 heterocycles. The molecule has 0 radical (unpaired) electrons. The molecule has 20 heavy (non-hydrogen) atoms. The van der Waals surface area contributed by atoms with Gasteiger partial charge in [0.25, 0.3) is 5.69 Å². The third kappa shape index (κ3) is 6.86. The Morgan fingerprint density at radius 2 is 2.15 bits per heavy atom. The Hall–Kier alpha value is -1.92. The summed E-state index contributed by atoms with van der Waals surface area (Å²) in [6, 6.07) is 6.12. The van der Waals surface area contributed by atoms with E-state index in [-0.39, 0.29) is 24.0 Å². The summed E-state index contributed by atoms with van der Waals surface area (Å²) in [5, 5.41) is 13.3. The molecule has 0 spiro atoms. The van der Waals surface area contributed by atoms with Gasteiger partial charge in [-0.1, -0.05) is 12.1 Å². The van der Waals surface area contributed by atoms with E-state index in [0.29, 0.717) is 12.1 Å². The van der Waals surface area contributed by atoms with E-state index < -0.39 is 4.92 Å². The van der Waals surface area contributed by atoms with Crippen molar-refractivity contribution in [2.45, 2.75) is 0 Å². The van der Waals surface area contributed by atoms with Crippen LogP contribution in [-0.4, -0.2) is 42.9 Å². The summed E-state index contributed by atoms with van der Waals surface area (Å²) < 4.78 is 0. The monoisotopic (exact) mass is 298 g/mol. The van der Waals surface area contributed by atoms with Crippen LogP contribution in [0, 0.1) is 10.1 Å². The number of nitrogens with one attached hydrogen (secondary N) is 1. The molecule has 0 saturated heterocycles. The molecule has 0 bridgehead atoms. The van der Waals surface area contributed by atoms with E-state index >= 15 is 0 Å². The van der Waals surface area contributed by atoms with Crippen molar-refractivity contribution < 1.29 is 22.1 Å². The Labute approximate surface area is 124 Å². The van der Waals surface area contributed by atoms with Crippen LogP contribution in [-0.2, 0) is 4.79 Å². The molecule has 0 aromatic heterocycles. The quantitative estimate of drug-likeness (QED) is 0.385. The van der Waals surface area contributed by atoms with Crippen molar-refractivity contribution in [2.24, 2.45) is 0 Å². The van der Waals surface area contributed by atoms with Crippen LogP contribution in [0.4, 0.5) is 5.69 Å². The first-order valence-corrected chi connectivity index (χ1v) is 5.84. The summed E-state index contributed by atoms with van der Waals surface area (Å²) in [5.74, 6) is -0.214. The molecule has 0 saturated carbocycles. The van der Waals surface area contributed by atoms with Gasteiger partial charge in [0.2, 0.25) is 5.91 Å². The minimum atomic E-state index is -0.464. The Bertz CT molecular complexity index is 490. The molecule has 0 unspecified atom stereocenters. The zero-order valence-electron chi connectivity index (χ0n) is 11.4. The summed E-state index contributed by atoms with van der Waals surface area (Å²) in [7, 11) is 3.84. The number of hydrogen-bond donors (Lipinski definition) is 1. The van der Waals surface area contributed by atoms with E-state index in [4.69, 9.17) is 0 Å². The molecule has 1 N–H and O–H groups in total. The van der Waals surface area contributed by atoms with Crippen LogP contribution in [0.3, 0.4) is 0 Å². The van der Waals surface area contributed by atoms with Crippen LogP contribution < -0.4 is 17.7 Å². The third-order valence-electron chi connectivity index (χ3n) is 2.37. The molecule has 1 rings (SSSR count). The molecule has 0 atom stereocenters. The molecule has 1 aromatic carbocycles. The fourth-order valence-corrected chi connectivity index (χ4v) is 1.38. The number of carbonyl (C=O) groups is 1. The summed E-state index contributed by atoms with van der Waals surface area (Å²) in [6.07, 6.45) is 2.92. The smallest absolute Gasteiger partial charge is 0.270 e. The highest BCUT2D eigenvalue weighted by Gasteiger charge is 2.04. The minimum Gasteiger partial charge on any atom is -1.00 e. The summed E-state index contributed by atoms with van der Waals surface area (Å²) >= 11 is 0. The number of likely N-dealkylation sites (N-methyl/N-ethyl adjacent to an activating group) is 1. The van der Waals surface area contributed by atoms with Gasteiger partial charge in [-0.05, 0) is 25.7 Å². The Kier molecular flexibility index (Phi) is 8.19. The van der Waals surface area contributed by atoms with Gasteiger partial charge in [-0.15, -0.1) is 0 Å². The Morgan fingerprint density at radius 1 is 1.45 bits per heavy atom. The van der Waals surface area contributed by atoms with E-state index in [2.05, 4.69) is 5.32 Å². The first-order valence-electron chi connectivity index (χ1n) is 5.84. The largest absolute Gasteiger partial charge is 1.00 e. The molecule has 6 nitrogen and oxygen atoms in total. The highest BCUT2D eigenvalue weighted by Crippen LogP contribution is 2.13. The maximum atomic E-state index is 11.5. The first-order chi connectivity index (χ1) is 8.99. The fraction of sp³-hybridized carbons (Fsp3) is 0.308. The SMILES string of the molecule is CN(C)CCNC(=O)/C=C/c1cccc([N+](=O)[O-])c1.[Cl-]. The van der Waals surface area contributed by atoms with Crippen molar-refractivity contribution in [3.8, 4) is 0 Å². The Morgan fingerprint density at radius 3 is 2.75 bits per heavy atom. The number of benzene rings is 1. The van der Waals surface area contributed by atoms with E-state index in [9.17, 15) is 14.9 Å². The molecule has 1 amide bonds. The average Bonchev–Trinajstić information content (AvgIpc) is 2.36. The number of halogens is 1. The molecule has 0 aliphatic carbocycles. The second kappa shape index (κ2) is 9.06. The average molecular weight is 299 g/mol. The van der Waals surface area contributed by atoms with Gasteiger partial charge in [0, 0.05) is 31.3 Å². The fourth-order valence-electron chi connectivity index (χ4n) is 1.38. The number of nitro benzene ring substituents is 1. The van der Waals surface area contributed by atoms with E-state index in [1.54, 1.807) is 18.2 Å². The molecule has 1 aromatic rings. The van der Waals surface area contributed by atoms with Crippen LogP contribution >= 0.6 is 0 Å². The predicted molar refractivity (Wildman–Crippen MR) is 73.7 cm³/mol. The molecule has 0 fully saturated rings. The number of amides is 1. The standard InChI is InChI=1S/C13H17N3O3.ClH/c1-15(2)9-8-14-13(17)7-6-11-4-3-5-12(10-11)16(18)19;/h3-7,10H,8-9H2,1-2H3,(H,14,17);1H/p-1/b7-6+;. The van der Waals surface area contributed by atoms with Gasteiger partial charge in [0.15, 0.2) is 0 Å². The Balaban J connectivity index is 0.00000361. The van der Waals surface area contributed by atoms with E-state index in [1.807, 2.05) is 19.0 Å². The van der Waals surface area contributed by atoms with Crippen molar-refractivity contribution in [3.63, 3.8) is 0 Å². The number of non-ortho nitro benzene ring substituents is 1. The van der Waals surface area contributed by atoms with Crippen LogP contribution in [0.5, 0.6) is 0 Å². The lowest BCUT2D eigenvalue weighted by atomic mass is 10.2. The highest BCUT2D eigenvalue weighted by atomic mass is 35.5. The van der Waals surface area contributed by atoms with Gasteiger partial charge in [0.1, 0.15) is 0 Å². The zero-order valence-corrected chi connectivity index (χ0v) is 12.1. The summed E-state index contributed by atoms with van der Waals surface area (Å²) in [5.41, 5.74) is 0.632.